The molecule has 1 saturated carbocycles. The molecule has 1 aliphatic carbocycles. The van der Waals surface area contributed by atoms with Crippen LogP contribution in [0.2, 0.25) is 5.02 Å². The topological polar surface area (TPSA) is 51.1 Å². The monoisotopic (exact) mass is 316 g/mol. The van der Waals surface area contributed by atoms with E-state index in [2.05, 4.69) is 5.32 Å². The summed E-state index contributed by atoms with van der Waals surface area (Å²) >= 11 is 5.88. The predicted octanol–water partition coefficient (Wildman–Crippen LogP) is 3.09. The Kier molecular flexibility index (Phi) is 3.79. The van der Waals surface area contributed by atoms with Crippen molar-refractivity contribution >= 4 is 23.2 Å². The smallest absolute Gasteiger partial charge is 0.274 e. The fraction of sp³-hybridized carbons (Fsp3) is 0.294. The van der Waals surface area contributed by atoms with E-state index in [1.54, 1.807) is 13.2 Å². The summed E-state index contributed by atoms with van der Waals surface area (Å²) < 4.78 is 1.46. The predicted molar refractivity (Wildman–Crippen MR) is 87.3 cm³/mol. The van der Waals surface area contributed by atoms with E-state index in [-0.39, 0.29) is 23.3 Å². The average molecular weight is 317 g/mol. The van der Waals surface area contributed by atoms with Gasteiger partial charge < -0.3 is 9.88 Å². The van der Waals surface area contributed by atoms with Crippen LogP contribution < -0.4 is 10.9 Å². The summed E-state index contributed by atoms with van der Waals surface area (Å²) in [6, 6.07) is 9.39. The van der Waals surface area contributed by atoms with E-state index in [4.69, 9.17) is 11.6 Å². The van der Waals surface area contributed by atoms with Gasteiger partial charge in [0.05, 0.1) is 0 Å². The molecule has 1 heterocycles. The van der Waals surface area contributed by atoms with Gasteiger partial charge in [-0.3, -0.25) is 9.59 Å². The average Bonchev–Trinajstić information content (AvgIpc) is 3.29. The normalized spacial score (nSPS) is 19.8. The zero-order valence-electron chi connectivity index (χ0n) is 12.5. The third kappa shape index (κ3) is 2.79. The van der Waals surface area contributed by atoms with Gasteiger partial charge in [0.2, 0.25) is 5.91 Å². The molecule has 0 aliphatic heterocycles. The molecule has 1 fully saturated rings. The van der Waals surface area contributed by atoms with Crippen molar-refractivity contribution in [2.45, 2.75) is 19.3 Å². The van der Waals surface area contributed by atoms with Gasteiger partial charge >= 0.3 is 0 Å². The van der Waals surface area contributed by atoms with Crippen molar-refractivity contribution in [3.05, 3.63) is 63.0 Å². The minimum atomic E-state index is -0.183. The number of nitrogens with zero attached hydrogens (tertiary/aromatic N) is 1. The molecule has 2 atom stereocenters. The number of rotatable bonds is 3. The lowest BCUT2D eigenvalue weighted by Crippen LogP contribution is -2.26. The second-order valence-corrected chi connectivity index (χ2v) is 6.22. The molecule has 1 aromatic heterocycles. The van der Waals surface area contributed by atoms with Crippen LogP contribution in [-0.4, -0.2) is 10.5 Å². The fourth-order valence-corrected chi connectivity index (χ4v) is 2.78. The highest BCUT2D eigenvalue weighted by Gasteiger charge is 2.44. The van der Waals surface area contributed by atoms with Crippen LogP contribution in [0.3, 0.4) is 0 Å². The molecule has 22 heavy (non-hydrogen) atoms. The third-order valence-electron chi connectivity index (χ3n) is 4.15. The molecular formula is C17H17ClN2O2. The maximum Gasteiger partial charge on any atom is 0.274 e. The fourth-order valence-electron chi connectivity index (χ4n) is 2.65. The van der Waals surface area contributed by atoms with Crippen molar-refractivity contribution < 1.29 is 4.79 Å². The zero-order chi connectivity index (χ0) is 15.9. The largest absolute Gasteiger partial charge is 0.321 e. The van der Waals surface area contributed by atoms with Crippen LogP contribution in [0.1, 0.15) is 23.5 Å². The van der Waals surface area contributed by atoms with Gasteiger partial charge in [-0.1, -0.05) is 23.7 Å². The molecular weight excluding hydrogens is 300 g/mol. The number of anilines is 1. The third-order valence-corrected chi connectivity index (χ3v) is 4.40. The minimum absolute atomic E-state index is 0.0783. The molecule has 0 unspecified atom stereocenters. The number of aromatic nitrogens is 1. The molecule has 5 heteroatoms. The first-order valence-electron chi connectivity index (χ1n) is 7.20. The molecule has 0 spiro atoms. The van der Waals surface area contributed by atoms with Gasteiger partial charge in [0, 0.05) is 24.2 Å². The molecule has 3 rings (SSSR count). The van der Waals surface area contributed by atoms with E-state index >= 15 is 0 Å². The van der Waals surface area contributed by atoms with Gasteiger partial charge in [0.15, 0.2) is 0 Å². The minimum Gasteiger partial charge on any atom is -0.321 e. The van der Waals surface area contributed by atoms with Gasteiger partial charge in [0.25, 0.3) is 5.56 Å². The summed E-state index contributed by atoms with van der Waals surface area (Å²) in [4.78, 5) is 24.4. The SMILES string of the molecule is Cc1ccn(C)c(=O)c1NC(=O)[C@@H]1C[C@H]1c1ccc(Cl)cc1. The van der Waals surface area contributed by atoms with Crippen molar-refractivity contribution in [2.75, 3.05) is 5.32 Å². The maximum absolute atomic E-state index is 12.4. The Morgan fingerprint density at radius 2 is 1.95 bits per heavy atom. The molecule has 0 bridgehead atoms. The van der Waals surface area contributed by atoms with E-state index in [0.29, 0.717) is 10.7 Å². The van der Waals surface area contributed by atoms with Crippen LogP contribution in [-0.2, 0) is 11.8 Å². The number of hydrogen-bond acceptors (Lipinski definition) is 2. The number of hydrogen-bond donors (Lipinski definition) is 1. The van der Waals surface area contributed by atoms with E-state index in [1.807, 2.05) is 37.3 Å². The molecule has 1 N–H and O–H groups in total. The Morgan fingerprint density at radius 3 is 2.64 bits per heavy atom. The Hall–Kier alpha value is -2.07. The van der Waals surface area contributed by atoms with E-state index in [1.165, 1.54) is 4.57 Å². The molecule has 1 aliphatic rings. The highest BCUT2D eigenvalue weighted by molar-refractivity contribution is 6.30. The lowest BCUT2D eigenvalue weighted by molar-refractivity contribution is -0.117. The van der Waals surface area contributed by atoms with Crippen molar-refractivity contribution in [1.82, 2.24) is 4.57 Å². The van der Waals surface area contributed by atoms with Gasteiger partial charge in [0.1, 0.15) is 5.69 Å². The van der Waals surface area contributed by atoms with Crippen molar-refractivity contribution in [3.63, 3.8) is 0 Å². The lowest BCUT2D eigenvalue weighted by atomic mass is 10.1. The summed E-state index contributed by atoms with van der Waals surface area (Å²) in [5.74, 6) is 0.0435. The van der Waals surface area contributed by atoms with E-state index in [9.17, 15) is 9.59 Å². The first-order valence-corrected chi connectivity index (χ1v) is 7.57. The number of nitrogens with one attached hydrogen (secondary N) is 1. The first-order chi connectivity index (χ1) is 10.5. The second-order valence-electron chi connectivity index (χ2n) is 5.78. The van der Waals surface area contributed by atoms with Crippen LogP contribution in [0.4, 0.5) is 5.69 Å². The summed E-state index contributed by atoms with van der Waals surface area (Å²) in [6.45, 7) is 1.82. The summed E-state index contributed by atoms with van der Waals surface area (Å²) in [7, 11) is 1.67. The number of amides is 1. The molecule has 0 radical (unpaired) electrons. The summed E-state index contributed by atoms with van der Waals surface area (Å²) in [5.41, 5.74) is 2.08. The van der Waals surface area contributed by atoms with Crippen LogP contribution in [0.25, 0.3) is 0 Å². The Morgan fingerprint density at radius 1 is 1.27 bits per heavy atom. The highest BCUT2D eigenvalue weighted by Crippen LogP contribution is 2.48. The standard InChI is InChI=1S/C17H17ClN2O2/c1-10-7-8-20(2)17(22)15(10)19-16(21)14-9-13(14)11-3-5-12(18)6-4-11/h3-8,13-14H,9H2,1-2H3,(H,19,21)/t13-,14+/m0/s1. The Bertz CT molecular complexity index is 780. The lowest BCUT2D eigenvalue weighted by Gasteiger charge is -2.09. The Labute approximate surface area is 133 Å². The summed E-state index contributed by atoms with van der Waals surface area (Å²) in [6.07, 6.45) is 2.50. The molecule has 2 aromatic rings. The van der Waals surface area contributed by atoms with Crippen molar-refractivity contribution in [1.29, 1.82) is 0 Å². The molecule has 114 valence electrons. The van der Waals surface area contributed by atoms with Gasteiger partial charge in [-0.05, 0) is 48.6 Å². The Balaban J connectivity index is 1.74. The number of benzene rings is 1. The van der Waals surface area contributed by atoms with Crippen LogP contribution >= 0.6 is 11.6 Å². The van der Waals surface area contributed by atoms with Crippen molar-refractivity contribution in [3.8, 4) is 0 Å². The molecule has 1 aromatic carbocycles. The highest BCUT2D eigenvalue weighted by atomic mass is 35.5. The number of pyridine rings is 1. The number of carbonyl (C=O) groups is 1. The summed E-state index contributed by atoms with van der Waals surface area (Å²) in [5, 5.41) is 3.48. The van der Waals surface area contributed by atoms with E-state index < -0.39 is 0 Å². The van der Waals surface area contributed by atoms with Crippen LogP contribution in [0.15, 0.2) is 41.3 Å². The maximum atomic E-state index is 12.4. The van der Waals surface area contributed by atoms with Crippen molar-refractivity contribution in [2.24, 2.45) is 13.0 Å². The molecule has 0 saturated heterocycles. The van der Waals surface area contributed by atoms with E-state index in [0.717, 1.165) is 17.5 Å². The van der Waals surface area contributed by atoms with Crippen LogP contribution in [0.5, 0.6) is 0 Å². The second kappa shape index (κ2) is 5.61. The van der Waals surface area contributed by atoms with Crippen LogP contribution in [0, 0.1) is 12.8 Å². The number of carbonyl (C=O) groups excluding carboxylic acids is 1. The van der Waals surface area contributed by atoms with Gasteiger partial charge in [-0.2, -0.15) is 0 Å². The molecule has 4 nitrogen and oxygen atoms in total. The zero-order valence-corrected chi connectivity index (χ0v) is 13.2. The molecule has 1 amide bonds. The number of halogens is 1. The van der Waals surface area contributed by atoms with Gasteiger partial charge in [-0.15, -0.1) is 0 Å². The number of aryl methyl sites for hydroxylation is 2. The van der Waals surface area contributed by atoms with Gasteiger partial charge in [-0.25, -0.2) is 0 Å². The quantitative estimate of drug-likeness (QED) is 0.946. The first kappa shape index (κ1) is 14.9.